The summed E-state index contributed by atoms with van der Waals surface area (Å²) in [6.07, 6.45) is 0. The zero-order chi connectivity index (χ0) is 14.8. The number of aliphatic carboxylic acids is 1. The molecule has 0 aliphatic carbocycles. The van der Waals surface area contributed by atoms with Crippen LogP contribution in [0.5, 0.6) is 0 Å². The Hall–Kier alpha value is -1.76. The van der Waals surface area contributed by atoms with Crippen LogP contribution in [0.15, 0.2) is 18.2 Å². The Bertz CT molecular complexity index is 553. The van der Waals surface area contributed by atoms with Crippen LogP contribution in [0, 0.1) is 17.0 Å². The summed E-state index contributed by atoms with van der Waals surface area (Å²) >= 11 is 0. The third kappa shape index (κ3) is 3.17. The largest absolute Gasteiger partial charge is 0.480 e. The number of nitrogens with zero attached hydrogens (tertiary/aromatic N) is 1. The standard InChI is InChI=1S/C12H15NO5S/c1-8-9(5-4-6-10(8)13(16)17)7-19(18)12(2,3)11(14)15/h4-6H,7H2,1-3H3,(H,14,15). The van der Waals surface area contributed by atoms with Crippen molar-refractivity contribution in [1.29, 1.82) is 0 Å². The molecule has 1 atom stereocenters. The van der Waals surface area contributed by atoms with Crippen molar-refractivity contribution in [3.63, 3.8) is 0 Å². The number of hydrogen-bond acceptors (Lipinski definition) is 4. The molecule has 0 spiro atoms. The highest BCUT2D eigenvalue weighted by Crippen LogP contribution is 2.25. The first-order valence-corrected chi connectivity index (χ1v) is 6.84. The van der Waals surface area contributed by atoms with Gasteiger partial charge in [-0.1, -0.05) is 12.1 Å². The highest BCUT2D eigenvalue weighted by atomic mass is 32.2. The van der Waals surface area contributed by atoms with Crippen molar-refractivity contribution < 1.29 is 19.0 Å². The Morgan fingerprint density at radius 2 is 2.05 bits per heavy atom. The predicted molar refractivity (Wildman–Crippen MR) is 71.4 cm³/mol. The zero-order valence-corrected chi connectivity index (χ0v) is 11.7. The van der Waals surface area contributed by atoms with E-state index in [1.54, 1.807) is 13.0 Å². The van der Waals surface area contributed by atoms with E-state index in [4.69, 9.17) is 5.11 Å². The van der Waals surface area contributed by atoms with Gasteiger partial charge in [0.25, 0.3) is 5.69 Å². The number of rotatable bonds is 5. The molecule has 0 radical (unpaired) electrons. The van der Waals surface area contributed by atoms with E-state index in [2.05, 4.69) is 0 Å². The van der Waals surface area contributed by atoms with Crippen molar-refractivity contribution in [3.05, 3.63) is 39.4 Å². The molecular weight excluding hydrogens is 270 g/mol. The maximum absolute atomic E-state index is 12.1. The first-order chi connectivity index (χ1) is 8.67. The van der Waals surface area contributed by atoms with Gasteiger partial charge in [-0.05, 0) is 26.3 Å². The SMILES string of the molecule is Cc1c(CS(=O)C(C)(C)C(=O)O)cccc1[N+](=O)[O-]. The molecule has 0 aliphatic heterocycles. The minimum absolute atomic E-state index is 0.0210. The number of carboxylic acids is 1. The van der Waals surface area contributed by atoms with Crippen LogP contribution in [0.25, 0.3) is 0 Å². The highest BCUT2D eigenvalue weighted by Gasteiger charge is 2.34. The van der Waals surface area contributed by atoms with Gasteiger partial charge in [-0.3, -0.25) is 19.1 Å². The maximum atomic E-state index is 12.1. The number of hydrogen-bond donors (Lipinski definition) is 1. The van der Waals surface area contributed by atoms with Crippen LogP contribution in [0.3, 0.4) is 0 Å². The minimum atomic E-state index is -1.67. The number of carbonyl (C=O) groups is 1. The first kappa shape index (κ1) is 15.3. The molecule has 0 saturated carbocycles. The molecule has 19 heavy (non-hydrogen) atoms. The monoisotopic (exact) mass is 285 g/mol. The predicted octanol–water partition coefficient (Wildman–Crippen LogP) is 2.02. The average Bonchev–Trinajstić information content (AvgIpc) is 2.30. The van der Waals surface area contributed by atoms with E-state index >= 15 is 0 Å². The number of carboxylic acid groups (broad SMARTS) is 1. The summed E-state index contributed by atoms with van der Waals surface area (Å²) in [5.41, 5.74) is 0.895. The van der Waals surface area contributed by atoms with E-state index in [1.165, 1.54) is 26.0 Å². The topological polar surface area (TPSA) is 97.5 Å². The molecule has 1 aromatic rings. The maximum Gasteiger partial charge on any atom is 0.321 e. The first-order valence-electron chi connectivity index (χ1n) is 5.52. The van der Waals surface area contributed by atoms with Gasteiger partial charge >= 0.3 is 5.97 Å². The fourth-order valence-corrected chi connectivity index (χ4v) is 2.59. The van der Waals surface area contributed by atoms with E-state index < -0.39 is 26.4 Å². The van der Waals surface area contributed by atoms with Gasteiger partial charge in [0.1, 0.15) is 4.75 Å². The molecule has 1 N–H and O–H groups in total. The van der Waals surface area contributed by atoms with Crippen LogP contribution in [-0.2, 0) is 21.3 Å². The molecule has 1 rings (SSSR count). The molecule has 7 heteroatoms. The fourth-order valence-electron chi connectivity index (χ4n) is 1.44. The summed E-state index contributed by atoms with van der Waals surface area (Å²) in [4.78, 5) is 21.3. The third-order valence-electron chi connectivity index (χ3n) is 2.98. The Morgan fingerprint density at radius 1 is 1.47 bits per heavy atom. The van der Waals surface area contributed by atoms with Gasteiger partial charge in [-0.15, -0.1) is 0 Å². The van der Waals surface area contributed by atoms with Crippen molar-refractivity contribution in [2.75, 3.05) is 0 Å². The van der Waals surface area contributed by atoms with Gasteiger partial charge in [0, 0.05) is 22.4 Å². The van der Waals surface area contributed by atoms with E-state index in [1.807, 2.05) is 0 Å². The van der Waals surface area contributed by atoms with E-state index in [0.29, 0.717) is 11.1 Å². The molecule has 6 nitrogen and oxygen atoms in total. The lowest BCUT2D eigenvalue weighted by atomic mass is 10.1. The molecule has 0 saturated heterocycles. The second kappa shape index (κ2) is 5.48. The van der Waals surface area contributed by atoms with E-state index in [0.717, 1.165) is 0 Å². The van der Waals surface area contributed by atoms with E-state index in [-0.39, 0.29) is 11.4 Å². The Labute approximate surface area is 113 Å². The van der Waals surface area contributed by atoms with E-state index in [9.17, 15) is 19.1 Å². The van der Waals surface area contributed by atoms with Gasteiger partial charge in [0.2, 0.25) is 0 Å². The fraction of sp³-hybridized carbons (Fsp3) is 0.417. The summed E-state index contributed by atoms with van der Waals surface area (Å²) in [5.74, 6) is -1.18. The molecule has 1 aromatic carbocycles. The van der Waals surface area contributed by atoms with Crippen molar-refractivity contribution in [2.45, 2.75) is 31.3 Å². The Balaban J connectivity index is 3.08. The van der Waals surface area contributed by atoms with Gasteiger partial charge in [0.05, 0.1) is 10.7 Å². The van der Waals surface area contributed by atoms with Crippen molar-refractivity contribution in [3.8, 4) is 0 Å². The summed E-state index contributed by atoms with van der Waals surface area (Å²) in [5, 5.41) is 19.8. The van der Waals surface area contributed by atoms with Crippen molar-refractivity contribution >= 4 is 22.5 Å². The zero-order valence-electron chi connectivity index (χ0n) is 10.9. The number of nitro benzene ring substituents is 1. The molecule has 0 amide bonds. The minimum Gasteiger partial charge on any atom is -0.480 e. The Morgan fingerprint density at radius 3 is 2.53 bits per heavy atom. The summed E-state index contributed by atoms with van der Waals surface area (Å²) in [6, 6.07) is 4.49. The molecule has 0 fully saturated rings. The molecule has 0 bridgehead atoms. The van der Waals surface area contributed by atoms with Crippen molar-refractivity contribution in [2.24, 2.45) is 0 Å². The lowest BCUT2D eigenvalue weighted by Gasteiger charge is -2.19. The molecule has 0 aromatic heterocycles. The van der Waals surface area contributed by atoms with Crippen LogP contribution in [0.4, 0.5) is 5.69 Å². The van der Waals surface area contributed by atoms with Gasteiger partial charge < -0.3 is 5.11 Å². The quantitative estimate of drug-likeness (QED) is 0.659. The molecule has 1 unspecified atom stereocenters. The van der Waals surface area contributed by atoms with Crippen LogP contribution in [0.1, 0.15) is 25.0 Å². The number of nitro groups is 1. The van der Waals surface area contributed by atoms with Gasteiger partial charge in [-0.2, -0.15) is 0 Å². The summed E-state index contributed by atoms with van der Waals surface area (Å²) in [6.45, 7) is 4.31. The highest BCUT2D eigenvalue weighted by molar-refractivity contribution is 7.86. The lowest BCUT2D eigenvalue weighted by molar-refractivity contribution is -0.385. The van der Waals surface area contributed by atoms with Crippen LogP contribution in [-0.4, -0.2) is 25.0 Å². The van der Waals surface area contributed by atoms with Crippen LogP contribution in [0.2, 0.25) is 0 Å². The summed E-state index contributed by atoms with van der Waals surface area (Å²) in [7, 11) is -1.67. The van der Waals surface area contributed by atoms with Gasteiger partial charge in [-0.25, -0.2) is 0 Å². The average molecular weight is 285 g/mol. The van der Waals surface area contributed by atoms with Crippen LogP contribution >= 0.6 is 0 Å². The second-order valence-corrected chi connectivity index (χ2v) is 6.62. The molecule has 0 aliphatic rings. The lowest BCUT2D eigenvalue weighted by Crippen LogP contribution is -2.37. The second-order valence-electron chi connectivity index (χ2n) is 4.62. The Kier molecular flexibility index (Phi) is 4.41. The number of benzene rings is 1. The normalized spacial score (nSPS) is 13.0. The molecule has 104 valence electrons. The van der Waals surface area contributed by atoms with Gasteiger partial charge in [0.15, 0.2) is 0 Å². The molecular formula is C12H15NO5S. The van der Waals surface area contributed by atoms with Crippen molar-refractivity contribution in [1.82, 2.24) is 0 Å². The smallest absolute Gasteiger partial charge is 0.321 e. The van der Waals surface area contributed by atoms with Crippen LogP contribution < -0.4 is 0 Å². The summed E-state index contributed by atoms with van der Waals surface area (Å²) < 4.78 is 10.7. The third-order valence-corrected chi connectivity index (χ3v) is 4.87. The molecule has 0 heterocycles.